The molecule has 3 aromatic rings. The van der Waals surface area contributed by atoms with Crippen molar-refractivity contribution in [3.8, 4) is 11.5 Å². The molecule has 2 N–H and O–H groups in total. The summed E-state index contributed by atoms with van der Waals surface area (Å²) in [6.45, 7) is 3.51. The number of sulfonamides is 1. The van der Waals surface area contributed by atoms with E-state index in [2.05, 4.69) is 20.0 Å². The molecule has 1 amide bonds. The van der Waals surface area contributed by atoms with E-state index in [1.54, 1.807) is 38.1 Å². The molecule has 1 aromatic heterocycles. The molecule has 0 bridgehead atoms. The lowest BCUT2D eigenvalue weighted by Gasteiger charge is -2.10. The molecule has 0 spiro atoms. The molecule has 0 unspecified atom stereocenters. The standard InChI is InChI=1S/C22H24N4O5S/c1-14-9-15(2)24-22(23-14)26-32(28,29)20-7-5-17(6-8-20)25-21(27)12-16-10-18(30-3)13-19(11-16)31-4/h5-11,13H,12H2,1-4H3,(H,25,27)(H,23,24,26). The van der Waals surface area contributed by atoms with E-state index in [4.69, 9.17) is 9.47 Å². The highest BCUT2D eigenvalue weighted by Crippen LogP contribution is 2.23. The molecular weight excluding hydrogens is 432 g/mol. The number of nitrogens with one attached hydrogen (secondary N) is 2. The monoisotopic (exact) mass is 456 g/mol. The van der Waals surface area contributed by atoms with Gasteiger partial charge in [-0.3, -0.25) is 4.79 Å². The summed E-state index contributed by atoms with van der Waals surface area (Å²) in [5.74, 6) is 0.912. The topological polar surface area (TPSA) is 120 Å². The number of hydrogen-bond acceptors (Lipinski definition) is 7. The first-order chi connectivity index (χ1) is 15.2. The molecule has 0 aliphatic carbocycles. The lowest BCUT2D eigenvalue weighted by Crippen LogP contribution is -2.16. The van der Waals surface area contributed by atoms with Crippen LogP contribution in [0.25, 0.3) is 0 Å². The van der Waals surface area contributed by atoms with Gasteiger partial charge in [-0.05, 0) is 61.9 Å². The number of hydrogen-bond donors (Lipinski definition) is 2. The van der Waals surface area contributed by atoms with Crippen molar-refractivity contribution in [2.75, 3.05) is 24.3 Å². The number of carbonyl (C=O) groups excluding carboxylic acids is 1. The molecule has 0 aliphatic heterocycles. The van der Waals surface area contributed by atoms with Crippen LogP contribution >= 0.6 is 0 Å². The average Bonchev–Trinajstić information content (AvgIpc) is 2.72. The predicted octanol–water partition coefficient (Wildman–Crippen LogP) is 3.09. The van der Waals surface area contributed by atoms with Crippen LogP contribution < -0.4 is 19.5 Å². The van der Waals surface area contributed by atoms with Crippen LogP contribution in [-0.4, -0.2) is 38.5 Å². The lowest BCUT2D eigenvalue weighted by atomic mass is 10.1. The van der Waals surface area contributed by atoms with Gasteiger partial charge in [0.2, 0.25) is 11.9 Å². The minimum Gasteiger partial charge on any atom is -0.497 e. The van der Waals surface area contributed by atoms with Crippen LogP contribution in [-0.2, 0) is 21.2 Å². The molecule has 0 saturated carbocycles. The highest BCUT2D eigenvalue weighted by molar-refractivity contribution is 7.92. The van der Waals surface area contributed by atoms with Crippen molar-refractivity contribution in [1.82, 2.24) is 9.97 Å². The Morgan fingerprint density at radius 1 is 0.906 bits per heavy atom. The number of nitrogens with zero attached hydrogens (tertiary/aromatic N) is 2. The van der Waals surface area contributed by atoms with Crippen LogP contribution in [0.15, 0.2) is 53.4 Å². The van der Waals surface area contributed by atoms with E-state index < -0.39 is 10.0 Å². The Hall–Kier alpha value is -3.66. The third kappa shape index (κ3) is 5.94. The van der Waals surface area contributed by atoms with Crippen LogP contribution in [0.1, 0.15) is 17.0 Å². The second-order valence-corrected chi connectivity index (χ2v) is 8.73. The average molecular weight is 457 g/mol. The van der Waals surface area contributed by atoms with Crippen molar-refractivity contribution < 1.29 is 22.7 Å². The van der Waals surface area contributed by atoms with E-state index in [0.29, 0.717) is 28.6 Å². The summed E-state index contributed by atoms with van der Waals surface area (Å²) in [6, 6.07) is 12.8. The summed E-state index contributed by atoms with van der Waals surface area (Å²) >= 11 is 0. The van der Waals surface area contributed by atoms with E-state index in [1.807, 2.05) is 0 Å². The minimum absolute atomic E-state index is 0.00796. The summed E-state index contributed by atoms with van der Waals surface area (Å²) < 4.78 is 38.0. The molecule has 0 radical (unpaired) electrons. The van der Waals surface area contributed by atoms with E-state index in [1.165, 1.54) is 38.5 Å². The fourth-order valence-electron chi connectivity index (χ4n) is 3.03. The fraction of sp³-hybridized carbons (Fsp3) is 0.227. The quantitative estimate of drug-likeness (QED) is 0.534. The van der Waals surface area contributed by atoms with Gasteiger partial charge < -0.3 is 14.8 Å². The molecule has 0 aliphatic rings. The number of benzene rings is 2. The van der Waals surface area contributed by atoms with Crippen molar-refractivity contribution in [2.45, 2.75) is 25.2 Å². The fourth-order valence-corrected chi connectivity index (χ4v) is 3.97. The number of rotatable bonds is 8. The zero-order valence-electron chi connectivity index (χ0n) is 18.2. The van der Waals surface area contributed by atoms with Gasteiger partial charge in [-0.15, -0.1) is 0 Å². The molecule has 2 aromatic carbocycles. The summed E-state index contributed by atoms with van der Waals surface area (Å²) in [7, 11) is -0.797. The normalized spacial score (nSPS) is 11.0. The molecule has 10 heteroatoms. The van der Waals surface area contributed by atoms with Crippen molar-refractivity contribution in [2.24, 2.45) is 0 Å². The molecule has 168 valence electrons. The summed E-state index contributed by atoms with van der Waals surface area (Å²) in [6.07, 6.45) is 0.0964. The van der Waals surface area contributed by atoms with Crippen LogP contribution in [0.2, 0.25) is 0 Å². The highest BCUT2D eigenvalue weighted by Gasteiger charge is 2.16. The maximum absolute atomic E-state index is 12.6. The maximum Gasteiger partial charge on any atom is 0.264 e. The first kappa shape index (κ1) is 23.0. The van der Waals surface area contributed by atoms with Gasteiger partial charge in [0.1, 0.15) is 11.5 Å². The summed E-state index contributed by atoms with van der Waals surface area (Å²) in [4.78, 5) is 20.6. The van der Waals surface area contributed by atoms with Gasteiger partial charge in [0.25, 0.3) is 10.0 Å². The van der Waals surface area contributed by atoms with Gasteiger partial charge in [0.05, 0.1) is 25.5 Å². The van der Waals surface area contributed by atoms with Crippen molar-refractivity contribution >= 4 is 27.6 Å². The molecule has 1 heterocycles. The first-order valence-electron chi connectivity index (χ1n) is 9.65. The van der Waals surface area contributed by atoms with Gasteiger partial charge in [-0.2, -0.15) is 0 Å². The molecule has 0 atom stereocenters. The number of anilines is 2. The number of aromatic nitrogens is 2. The first-order valence-corrected chi connectivity index (χ1v) is 11.1. The zero-order chi connectivity index (χ0) is 23.3. The summed E-state index contributed by atoms with van der Waals surface area (Å²) in [5, 5.41) is 2.75. The van der Waals surface area contributed by atoms with Gasteiger partial charge in [0, 0.05) is 23.1 Å². The van der Waals surface area contributed by atoms with Crippen LogP contribution in [0.3, 0.4) is 0 Å². The second-order valence-electron chi connectivity index (χ2n) is 7.05. The SMILES string of the molecule is COc1cc(CC(=O)Nc2ccc(S(=O)(=O)Nc3nc(C)cc(C)n3)cc2)cc(OC)c1. The molecule has 9 nitrogen and oxygen atoms in total. The summed E-state index contributed by atoms with van der Waals surface area (Å²) in [5.41, 5.74) is 2.49. The molecule has 32 heavy (non-hydrogen) atoms. The predicted molar refractivity (Wildman–Crippen MR) is 121 cm³/mol. The minimum atomic E-state index is -3.87. The van der Waals surface area contributed by atoms with Gasteiger partial charge in [-0.1, -0.05) is 0 Å². The Bertz CT molecular complexity index is 1190. The van der Waals surface area contributed by atoms with Gasteiger partial charge in [-0.25, -0.2) is 23.1 Å². The lowest BCUT2D eigenvalue weighted by molar-refractivity contribution is -0.115. The number of amides is 1. The third-order valence-electron chi connectivity index (χ3n) is 4.43. The number of aryl methyl sites for hydroxylation is 2. The molecule has 0 fully saturated rings. The van der Waals surface area contributed by atoms with Gasteiger partial charge >= 0.3 is 0 Å². The van der Waals surface area contributed by atoms with E-state index in [9.17, 15) is 13.2 Å². The van der Waals surface area contributed by atoms with Crippen LogP contribution in [0.4, 0.5) is 11.6 Å². The van der Waals surface area contributed by atoms with E-state index in [0.717, 1.165) is 5.56 Å². The Morgan fingerprint density at radius 2 is 1.47 bits per heavy atom. The Morgan fingerprint density at radius 3 is 2.00 bits per heavy atom. The number of carbonyl (C=O) groups is 1. The smallest absolute Gasteiger partial charge is 0.264 e. The maximum atomic E-state index is 12.6. The van der Waals surface area contributed by atoms with Crippen molar-refractivity contribution in [1.29, 1.82) is 0 Å². The number of methoxy groups -OCH3 is 2. The molecule has 3 rings (SSSR count). The number of ether oxygens (including phenoxy) is 2. The second kappa shape index (κ2) is 9.65. The molecular formula is C22H24N4O5S. The zero-order valence-corrected chi connectivity index (χ0v) is 19.0. The van der Waals surface area contributed by atoms with E-state index in [-0.39, 0.29) is 23.2 Å². The Kier molecular flexibility index (Phi) is 6.94. The van der Waals surface area contributed by atoms with Crippen molar-refractivity contribution in [3.05, 3.63) is 65.5 Å². The molecule has 0 saturated heterocycles. The van der Waals surface area contributed by atoms with Crippen LogP contribution in [0.5, 0.6) is 11.5 Å². The Labute approximate surface area is 186 Å². The highest BCUT2D eigenvalue weighted by atomic mass is 32.2. The van der Waals surface area contributed by atoms with Crippen molar-refractivity contribution in [3.63, 3.8) is 0 Å². The van der Waals surface area contributed by atoms with E-state index >= 15 is 0 Å². The van der Waals surface area contributed by atoms with Gasteiger partial charge in [0.15, 0.2) is 0 Å². The third-order valence-corrected chi connectivity index (χ3v) is 5.78. The Balaban J connectivity index is 1.68. The largest absolute Gasteiger partial charge is 0.497 e. The van der Waals surface area contributed by atoms with Crippen LogP contribution in [0, 0.1) is 13.8 Å².